The average Bonchev–Trinajstić information content (AvgIpc) is 2.60. The Morgan fingerprint density at radius 1 is 1.12 bits per heavy atom. The Morgan fingerprint density at radius 3 is 2.35 bits per heavy atom. The van der Waals surface area contributed by atoms with Crippen molar-refractivity contribution in [2.45, 2.75) is 45.1 Å². The van der Waals surface area contributed by atoms with Gasteiger partial charge in [-0.05, 0) is 51.0 Å². The van der Waals surface area contributed by atoms with Crippen LogP contribution < -0.4 is 9.62 Å². The van der Waals surface area contributed by atoms with Gasteiger partial charge in [0.05, 0.1) is 10.6 Å². The van der Waals surface area contributed by atoms with E-state index in [9.17, 15) is 13.2 Å². The zero-order chi connectivity index (χ0) is 19.3. The van der Waals surface area contributed by atoms with Crippen molar-refractivity contribution in [2.24, 2.45) is 0 Å². The fourth-order valence-electron chi connectivity index (χ4n) is 2.66. The number of anilines is 1. The van der Waals surface area contributed by atoms with Crippen molar-refractivity contribution in [1.82, 2.24) is 5.32 Å². The van der Waals surface area contributed by atoms with Gasteiger partial charge in [0.1, 0.15) is 6.54 Å². The van der Waals surface area contributed by atoms with Crippen LogP contribution in [0.1, 0.15) is 31.4 Å². The van der Waals surface area contributed by atoms with Crippen LogP contribution in [0.25, 0.3) is 0 Å². The van der Waals surface area contributed by atoms with Gasteiger partial charge in [0, 0.05) is 6.04 Å². The molecule has 0 radical (unpaired) electrons. The monoisotopic (exact) mass is 374 g/mol. The quantitative estimate of drug-likeness (QED) is 0.808. The Morgan fingerprint density at radius 2 is 1.77 bits per heavy atom. The number of rotatable bonds is 7. The van der Waals surface area contributed by atoms with Gasteiger partial charge >= 0.3 is 0 Å². The number of carbonyl (C=O) groups excluding carboxylic acids is 1. The third kappa shape index (κ3) is 4.64. The van der Waals surface area contributed by atoms with Crippen LogP contribution in [-0.4, -0.2) is 26.9 Å². The zero-order valence-corrected chi connectivity index (χ0v) is 16.5. The molecule has 0 bridgehead atoms. The molecule has 0 aromatic heterocycles. The molecule has 6 heteroatoms. The van der Waals surface area contributed by atoms with Crippen molar-refractivity contribution in [3.05, 3.63) is 59.7 Å². The lowest BCUT2D eigenvalue weighted by Crippen LogP contribution is -2.43. The molecule has 26 heavy (non-hydrogen) atoms. The van der Waals surface area contributed by atoms with E-state index in [0.717, 1.165) is 17.5 Å². The summed E-state index contributed by atoms with van der Waals surface area (Å²) in [5.74, 6) is -0.321. The first-order valence-corrected chi connectivity index (χ1v) is 10.1. The maximum Gasteiger partial charge on any atom is 0.264 e. The fraction of sp³-hybridized carbons (Fsp3) is 0.350. The molecule has 0 fully saturated rings. The predicted octanol–water partition coefficient (Wildman–Crippen LogP) is 3.41. The summed E-state index contributed by atoms with van der Waals surface area (Å²) in [6.07, 6.45) is 0.779. The van der Waals surface area contributed by atoms with Crippen molar-refractivity contribution in [2.75, 3.05) is 10.8 Å². The van der Waals surface area contributed by atoms with Gasteiger partial charge in [-0.1, -0.05) is 42.8 Å². The summed E-state index contributed by atoms with van der Waals surface area (Å²) >= 11 is 0. The highest BCUT2D eigenvalue weighted by Crippen LogP contribution is 2.27. The molecule has 140 valence electrons. The Balaban J connectivity index is 2.47. The third-order valence-electron chi connectivity index (χ3n) is 4.26. The summed E-state index contributed by atoms with van der Waals surface area (Å²) in [5, 5.41) is 2.84. The average molecular weight is 375 g/mol. The first-order valence-electron chi connectivity index (χ1n) is 8.70. The lowest BCUT2D eigenvalue weighted by molar-refractivity contribution is -0.120. The number of carbonyl (C=O) groups is 1. The van der Waals surface area contributed by atoms with Crippen molar-refractivity contribution in [3.8, 4) is 0 Å². The van der Waals surface area contributed by atoms with E-state index in [0.29, 0.717) is 5.69 Å². The minimum Gasteiger partial charge on any atom is -0.352 e. The number of sulfonamides is 1. The summed E-state index contributed by atoms with van der Waals surface area (Å²) in [6, 6.07) is 13.7. The van der Waals surface area contributed by atoms with E-state index >= 15 is 0 Å². The van der Waals surface area contributed by atoms with Crippen molar-refractivity contribution in [3.63, 3.8) is 0 Å². The van der Waals surface area contributed by atoms with Crippen molar-refractivity contribution < 1.29 is 13.2 Å². The van der Waals surface area contributed by atoms with Gasteiger partial charge in [0.15, 0.2) is 0 Å². The minimum atomic E-state index is -3.85. The normalized spacial score (nSPS) is 12.5. The molecular weight excluding hydrogens is 348 g/mol. The highest BCUT2D eigenvalue weighted by atomic mass is 32.2. The Hall–Kier alpha value is -2.34. The van der Waals surface area contributed by atoms with E-state index in [1.54, 1.807) is 36.4 Å². The van der Waals surface area contributed by atoms with Crippen LogP contribution in [0, 0.1) is 13.8 Å². The molecule has 0 aliphatic heterocycles. The number of nitrogens with one attached hydrogen (secondary N) is 1. The van der Waals surface area contributed by atoms with E-state index in [4.69, 9.17) is 0 Å². The lowest BCUT2D eigenvalue weighted by atomic mass is 10.1. The van der Waals surface area contributed by atoms with E-state index < -0.39 is 10.0 Å². The number of hydrogen-bond donors (Lipinski definition) is 1. The van der Waals surface area contributed by atoms with Crippen LogP contribution in [0.15, 0.2) is 53.4 Å². The van der Waals surface area contributed by atoms with Gasteiger partial charge in [-0.25, -0.2) is 8.42 Å². The second-order valence-corrected chi connectivity index (χ2v) is 8.35. The molecule has 0 saturated heterocycles. The number of nitrogens with zero attached hydrogens (tertiary/aromatic N) is 1. The van der Waals surface area contributed by atoms with Gasteiger partial charge in [0.25, 0.3) is 10.0 Å². The molecule has 2 rings (SSSR count). The van der Waals surface area contributed by atoms with Crippen LogP contribution >= 0.6 is 0 Å². The van der Waals surface area contributed by atoms with Crippen molar-refractivity contribution >= 4 is 21.6 Å². The molecule has 0 aliphatic carbocycles. The molecule has 0 aliphatic rings. The predicted molar refractivity (Wildman–Crippen MR) is 105 cm³/mol. The molecule has 0 unspecified atom stereocenters. The summed E-state index contributed by atoms with van der Waals surface area (Å²) in [6.45, 7) is 7.40. The Bertz CT molecular complexity index is 864. The second kappa shape index (κ2) is 8.36. The highest BCUT2D eigenvalue weighted by Gasteiger charge is 2.28. The maximum atomic E-state index is 13.2. The standard InChI is InChI=1S/C20H26N2O3S/c1-5-17(4)21-20(23)14-22(19-12-11-15(2)13-16(19)3)26(24,25)18-9-7-6-8-10-18/h6-13,17H,5,14H2,1-4H3,(H,21,23)/t17-/m1/s1. The molecule has 1 atom stereocenters. The molecular formula is C20H26N2O3S. The molecule has 0 heterocycles. The Kier molecular flexibility index (Phi) is 6.42. The number of aryl methyl sites for hydroxylation is 2. The number of benzene rings is 2. The molecule has 0 saturated carbocycles. The zero-order valence-electron chi connectivity index (χ0n) is 15.7. The molecule has 1 amide bonds. The molecule has 1 N–H and O–H groups in total. The lowest BCUT2D eigenvalue weighted by Gasteiger charge is -2.26. The topological polar surface area (TPSA) is 66.5 Å². The summed E-state index contributed by atoms with van der Waals surface area (Å²) in [5.41, 5.74) is 2.35. The van der Waals surface area contributed by atoms with Gasteiger partial charge in [0.2, 0.25) is 5.91 Å². The van der Waals surface area contributed by atoms with E-state index in [2.05, 4.69) is 5.32 Å². The minimum absolute atomic E-state index is 0.0112. The number of amides is 1. The van der Waals surface area contributed by atoms with Crippen LogP contribution in [-0.2, 0) is 14.8 Å². The Labute approximate surface area is 156 Å². The van der Waals surface area contributed by atoms with E-state index in [1.165, 1.54) is 4.31 Å². The first-order chi connectivity index (χ1) is 12.3. The summed E-state index contributed by atoms with van der Waals surface area (Å²) in [7, 11) is -3.85. The SMILES string of the molecule is CC[C@@H](C)NC(=O)CN(c1ccc(C)cc1C)S(=O)(=O)c1ccccc1. The van der Waals surface area contributed by atoms with Crippen LogP contribution in [0.4, 0.5) is 5.69 Å². The largest absolute Gasteiger partial charge is 0.352 e. The molecule has 5 nitrogen and oxygen atoms in total. The van der Waals surface area contributed by atoms with E-state index in [-0.39, 0.29) is 23.4 Å². The van der Waals surface area contributed by atoms with Gasteiger partial charge in [-0.15, -0.1) is 0 Å². The van der Waals surface area contributed by atoms with Crippen molar-refractivity contribution in [1.29, 1.82) is 0 Å². The van der Waals surface area contributed by atoms with Crippen LogP contribution in [0.5, 0.6) is 0 Å². The maximum absolute atomic E-state index is 13.2. The third-order valence-corrected chi connectivity index (χ3v) is 6.03. The highest BCUT2D eigenvalue weighted by molar-refractivity contribution is 7.92. The second-order valence-electron chi connectivity index (χ2n) is 6.49. The number of hydrogen-bond acceptors (Lipinski definition) is 3. The smallest absolute Gasteiger partial charge is 0.264 e. The van der Waals surface area contributed by atoms with Gasteiger partial charge in [-0.3, -0.25) is 9.10 Å². The fourth-order valence-corrected chi connectivity index (χ4v) is 4.16. The molecule has 2 aromatic rings. The first kappa shape index (κ1) is 20.0. The summed E-state index contributed by atoms with van der Waals surface area (Å²) in [4.78, 5) is 12.6. The van der Waals surface area contributed by atoms with Gasteiger partial charge in [-0.2, -0.15) is 0 Å². The summed E-state index contributed by atoms with van der Waals surface area (Å²) < 4.78 is 27.6. The van der Waals surface area contributed by atoms with Gasteiger partial charge < -0.3 is 5.32 Å². The van der Waals surface area contributed by atoms with E-state index in [1.807, 2.05) is 39.8 Å². The molecule has 0 spiro atoms. The van der Waals surface area contributed by atoms with Crippen LogP contribution in [0.2, 0.25) is 0 Å². The van der Waals surface area contributed by atoms with Crippen LogP contribution in [0.3, 0.4) is 0 Å². The molecule has 2 aromatic carbocycles.